The van der Waals surface area contributed by atoms with E-state index in [2.05, 4.69) is 25.4 Å². The van der Waals surface area contributed by atoms with Gasteiger partial charge < -0.3 is 20.4 Å². The van der Waals surface area contributed by atoms with Crippen LogP contribution in [0.3, 0.4) is 0 Å². The van der Waals surface area contributed by atoms with Gasteiger partial charge in [-0.3, -0.25) is 0 Å². The maximum atomic E-state index is 13.3. The van der Waals surface area contributed by atoms with Crippen LogP contribution in [0.5, 0.6) is 0 Å². The number of pyridine rings is 1. The zero-order valence-corrected chi connectivity index (χ0v) is 14.3. The normalized spacial score (nSPS) is 12.1. The number of H-pyrrole nitrogens is 1. The van der Waals surface area contributed by atoms with Crippen LogP contribution in [0.2, 0.25) is 5.02 Å². The Morgan fingerprint density at radius 2 is 2.20 bits per heavy atom. The van der Waals surface area contributed by atoms with Crippen LogP contribution in [0.1, 0.15) is 11.4 Å². The molecule has 130 valence electrons. The lowest BCUT2D eigenvalue weighted by atomic mass is 10.2. The molecule has 0 bridgehead atoms. The summed E-state index contributed by atoms with van der Waals surface area (Å²) in [4.78, 5) is 13.9. The van der Waals surface area contributed by atoms with Crippen molar-refractivity contribution in [2.75, 3.05) is 19.4 Å². The SMILES string of the molecule is CN(C)Cc1nc2c(/C(=N/O)Nc3ccc(F)c(Cl)c3)ccnc2[nH]1. The molecular weight excluding hydrogens is 347 g/mol. The molecule has 9 heteroatoms. The van der Waals surface area contributed by atoms with Gasteiger partial charge in [-0.2, -0.15) is 0 Å². The molecule has 0 spiro atoms. The number of hydrogen-bond acceptors (Lipinski definition) is 5. The Bertz CT molecular complexity index is 940. The van der Waals surface area contributed by atoms with E-state index in [1.165, 1.54) is 18.2 Å². The Morgan fingerprint density at radius 1 is 1.40 bits per heavy atom. The number of aromatic amines is 1. The monoisotopic (exact) mass is 362 g/mol. The standard InChI is InChI=1S/C16H16ClFN6O/c1-24(2)8-13-21-14-10(5-6-19-16(14)22-13)15(23-25)20-9-3-4-12(18)11(17)7-9/h3-7,25H,8H2,1-2H3,(H,20,23)(H,19,21,22). The minimum absolute atomic E-state index is 0.0322. The van der Waals surface area contributed by atoms with Crippen LogP contribution in [-0.4, -0.2) is 45.0 Å². The number of rotatable bonds is 4. The van der Waals surface area contributed by atoms with Crippen LogP contribution in [0.15, 0.2) is 35.6 Å². The highest BCUT2D eigenvalue weighted by Gasteiger charge is 2.15. The topological polar surface area (TPSA) is 89.4 Å². The fourth-order valence-electron chi connectivity index (χ4n) is 2.38. The second-order valence-electron chi connectivity index (χ2n) is 5.68. The van der Waals surface area contributed by atoms with Crippen molar-refractivity contribution in [2.45, 2.75) is 6.54 Å². The molecule has 0 radical (unpaired) electrons. The van der Waals surface area contributed by atoms with E-state index < -0.39 is 5.82 Å². The quantitative estimate of drug-likeness (QED) is 0.287. The molecule has 0 saturated heterocycles. The van der Waals surface area contributed by atoms with Gasteiger partial charge in [0.1, 0.15) is 17.2 Å². The van der Waals surface area contributed by atoms with Gasteiger partial charge in [0.25, 0.3) is 0 Å². The number of halogens is 2. The molecule has 25 heavy (non-hydrogen) atoms. The second-order valence-corrected chi connectivity index (χ2v) is 6.09. The molecule has 0 amide bonds. The van der Waals surface area contributed by atoms with E-state index in [1.807, 2.05) is 19.0 Å². The molecule has 0 aliphatic heterocycles. The number of hydrogen-bond donors (Lipinski definition) is 3. The summed E-state index contributed by atoms with van der Waals surface area (Å²) in [5, 5.41) is 15.6. The van der Waals surface area contributed by atoms with E-state index in [4.69, 9.17) is 11.6 Å². The Kier molecular flexibility index (Phi) is 4.82. The average molecular weight is 363 g/mol. The first-order valence-corrected chi connectivity index (χ1v) is 7.78. The molecule has 0 atom stereocenters. The van der Waals surface area contributed by atoms with Crippen molar-refractivity contribution in [3.8, 4) is 0 Å². The number of fused-ring (bicyclic) bond motifs is 1. The summed E-state index contributed by atoms with van der Waals surface area (Å²) >= 11 is 5.78. The van der Waals surface area contributed by atoms with Crippen molar-refractivity contribution in [3.05, 3.63) is 52.7 Å². The third-order valence-corrected chi connectivity index (χ3v) is 3.73. The van der Waals surface area contributed by atoms with Gasteiger partial charge in [-0.15, -0.1) is 0 Å². The number of anilines is 1. The van der Waals surface area contributed by atoms with Crippen LogP contribution in [0.25, 0.3) is 11.2 Å². The third-order valence-electron chi connectivity index (χ3n) is 3.44. The Balaban J connectivity index is 1.97. The van der Waals surface area contributed by atoms with Crippen LogP contribution in [0, 0.1) is 5.82 Å². The van der Waals surface area contributed by atoms with Crippen LogP contribution >= 0.6 is 11.6 Å². The van der Waals surface area contributed by atoms with Gasteiger partial charge in [0.2, 0.25) is 0 Å². The number of nitrogens with one attached hydrogen (secondary N) is 2. The fourth-order valence-corrected chi connectivity index (χ4v) is 2.56. The summed E-state index contributed by atoms with van der Waals surface area (Å²) in [6.07, 6.45) is 1.58. The Labute approximate surface area is 148 Å². The summed E-state index contributed by atoms with van der Waals surface area (Å²) in [5.74, 6) is 0.363. The lowest BCUT2D eigenvalue weighted by Gasteiger charge is -2.09. The molecule has 0 aliphatic rings. The molecule has 3 rings (SSSR count). The molecule has 3 aromatic rings. The molecule has 2 aromatic heterocycles. The van der Waals surface area contributed by atoms with E-state index in [9.17, 15) is 9.60 Å². The van der Waals surface area contributed by atoms with E-state index in [1.54, 1.807) is 12.3 Å². The minimum Gasteiger partial charge on any atom is -0.409 e. The smallest absolute Gasteiger partial charge is 0.179 e. The van der Waals surface area contributed by atoms with E-state index >= 15 is 0 Å². The molecule has 2 heterocycles. The Hall–Kier alpha value is -2.71. The number of oxime groups is 1. The highest BCUT2D eigenvalue weighted by molar-refractivity contribution is 6.31. The predicted octanol–water partition coefficient (Wildman–Crippen LogP) is 3.06. The van der Waals surface area contributed by atoms with Gasteiger partial charge in [0.15, 0.2) is 11.5 Å². The highest BCUT2D eigenvalue weighted by atomic mass is 35.5. The molecule has 0 fully saturated rings. The predicted molar refractivity (Wildman–Crippen MR) is 94.6 cm³/mol. The van der Waals surface area contributed by atoms with Gasteiger partial charge in [-0.1, -0.05) is 16.8 Å². The maximum absolute atomic E-state index is 13.3. The van der Waals surface area contributed by atoms with Gasteiger partial charge in [-0.05, 0) is 38.4 Å². The summed E-state index contributed by atoms with van der Waals surface area (Å²) in [5.41, 5.74) is 2.17. The number of nitrogens with zero attached hydrogens (tertiary/aromatic N) is 4. The first-order valence-electron chi connectivity index (χ1n) is 7.40. The lowest BCUT2D eigenvalue weighted by Crippen LogP contribution is -2.14. The number of imidazole rings is 1. The van der Waals surface area contributed by atoms with Gasteiger partial charge in [0.05, 0.1) is 17.1 Å². The molecule has 1 aromatic carbocycles. The average Bonchev–Trinajstić information content (AvgIpc) is 2.97. The zero-order chi connectivity index (χ0) is 18.0. The van der Waals surface area contributed by atoms with Crippen molar-refractivity contribution >= 4 is 34.3 Å². The number of aromatic nitrogens is 3. The summed E-state index contributed by atoms with van der Waals surface area (Å²) in [6, 6.07) is 5.80. The van der Waals surface area contributed by atoms with Crippen molar-refractivity contribution in [1.29, 1.82) is 0 Å². The third kappa shape index (κ3) is 3.70. The minimum atomic E-state index is -0.526. The second kappa shape index (κ2) is 7.04. The molecule has 3 N–H and O–H groups in total. The lowest BCUT2D eigenvalue weighted by molar-refractivity contribution is 0.319. The first-order chi connectivity index (χ1) is 12.0. The van der Waals surface area contributed by atoms with E-state index in [0.29, 0.717) is 29.0 Å². The van der Waals surface area contributed by atoms with Crippen molar-refractivity contribution < 1.29 is 9.60 Å². The molecule has 0 aliphatic carbocycles. The van der Waals surface area contributed by atoms with E-state index in [0.717, 1.165) is 5.82 Å². The van der Waals surface area contributed by atoms with Crippen LogP contribution < -0.4 is 5.32 Å². The van der Waals surface area contributed by atoms with Crippen molar-refractivity contribution in [3.63, 3.8) is 0 Å². The fraction of sp³-hybridized carbons (Fsp3) is 0.188. The molecule has 0 saturated carbocycles. The summed E-state index contributed by atoms with van der Waals surface area (Å²) in [7, 11) is 3.87. The summed E-state index contributed by atoms with van der Waals surface area (Å²) in [6.45, 7) is 0.613. The van der Waals surface area contributed by atoms with Crippen LogP contribution in [-0.2, 0) is 6.54 Å². The summed E-state index contributed by atoms with van der Waals surface area (Å²) < 4.78 is 13.3. The first kappa shape index (κ1) is 17.1. The van der Waals surface area contributed by atoms with Gasteiger partial charge in [-0.25, -0.2) is 14.4 Å². The van der Waals surface area contributed by atoms with Crippen LogP contribution in [0.4, 0.5) is 10.1 Å². The zero-order valence-electron chi connectivity index (χ0n) is 13.6. The molecular formula is C16H16ClFN6O. The largest absolute Gasteiger partial charge is 0.409 e. The number of amidine groups is 1. The van der Waals surface area contributed by atoms with Gasteiger partial charge >= 0.3 is 0 Å². The maximum Gasteiger partial charge on any atom is 0.179 e. The van der Waals surface area contributed by atoms with Crippen molar-refractivity contribution in [2.24, 2.45) is 5.16 Å². The molecule has 7 nitrogen and oxygen atoms in total. The highest BCUT2D eigenvalue weighted by Crippen LogP contribution is 2.21. The Morgan fingerprint density at radius 3 is 2.88 bits per heavy atom. The van der Waals surface area contributed by atoms with Crippen molar-refractivity contribution in [1.82, 2.24) is 19.9 Å². The van der Waals surface area contributed by atoms with Gasteiger partial charge in [0, 0.05) is 11.9 Å². The molecule has 0 unspecified atom stereocenters. The number of benzene rings is 1. The van der Waals surface area contributed by atoms with E-state index in [-0.39, 0.29) is 10.9 Å².